The Morgan fingerprint density at radius 1 is 1.22 bits per heavy atom. The first-order chi connectivity index (χ1) is 13.2. The first kappa shape index (κ1) is 17.9. The number of likely N-dealkylation sites (tertiary alicyclic amines) is 1. The van der Waals surface area contributed by atoms with Crippen molar-refractivity contribution in [1.82, 2.24) is 24.6 Å². The van der Waals surface area contributed by atoms with E-state index in [9.17, 15) is 0 Å². The van der Waals surface area contributed by atoms with E-state index in [0.717, 1.165) is 43.0 Å². The molecule has 0 radical (unpaired) electrons. The van der Waals surface area contributed by atoms with Gasteiger partial charge in [-0.1, -0.05) is 30.3 Å². The summed E-state index contributed by atoms with van der Waals surface area (Å²) in [4.78, 5) is 11.7. The monoisotopic (exact) mass is 366 g/mol. The van der Waals surface area contributed by atoms with E-state index in [2.05, 4.69) is 55.6 Å². The van der Waals surface area contributed by atoms with Crippen molar-refractivity contribution in [3.8, 4) is 0 Å². The van der Waals surface area contributed by atoms with Crippen LogP contribution in [-0.2, 0) is 18.4 Å². The van der Waals surface area contributed by atoms with E-state index < -0.39 is 0 Å². The number of fused-ring (bicyclic) bond motifs is 1. The number of methoxy groups -OCH3 is 1. The summed E-state index contributed by atoms with van der Waals surface area (Å²) < 4.78 is 6.97. The number of benzene rings is 1. The average Bonchev–Trinajstić information content (AvgIpc) is 3.30. The Kier molecular flexibility index (Phi) is 5.31. The van der Waals surface area contributed by atoms with E-state index in [1.54, 1.807) is 11.8 Å². The van der Waals surface area contributed by atoms with Crippen molar-refractivity contribution in [1.29, 1.82) is 0 Å². The lowest BCUT2D eigenvalue weighted by molar-refractivity contribution is 0.178. The van der Waals surface area contributed by atoms with Crippen molar-refractivity contribution in [3.63, 3.8) is 0 Å². The zero-order valence-electron chi connectivity index (χ0n) is 15.9. The normalized spacial score (nSPS) is 17.6. The number of anilines is 1. The molecule has 1 atom stereocenters. The fourth-order valence-corrected chi connectivity index (χ4v) is 3.76. The molecule has 1 N–H and O–H groups in total. The molecule has 7 heteroatoms. The summed E-state index contributed by atoms with van der Waals surface area (Å²) in [5.74, 6) is 2.14. The van der Waals surface area contributed by atoms with Crippen molar-refractivity contribution in [3.05, 3.63) is 47.9 Å². The number of nitrogens with one attached hydrogen (secondary N) is 1. The molecule has 0 aliphatic carbocycles. The van der Waals surface area contributed by atoms with Gasteiger partial charge in [0, 0.05) is 33.8 Å². The minimum absolute atomic E-state index is 0.390. The van der Waals surface area contributed by atoms with Crippen LogP contribution in [0, 0.1) is 0 Å². The third kappa shape index (κ3) is 3.94. The maximum Gasteiger partial charge on any atom is 0.163 e. The molecule has 1 saturated heterocycles. The minimum Gasteiger partial charge on any atom is -0.377 e. The zero-order valence-corrected chi connectivity index (χ0v) is 15.9. The topological polar surface area (TPSA) is 68.1 Å². The van der Waals surface area contributed by atoms with Gasteiger partial charge in [-0.2, -0.15) is 5.10 Å². The first-order valence-corrected chi connectivity index (χ1v) is 9.43. The molecule has 27 heavy (non-hydrogen) atoms. The van der Waals surface area contributed by atoms with Crippen LogP contribution in [0.15, 0.2) is 36.5 Å². The highest BCUT2D eigenvalue weighted by atomic mass is 16.5. The lowest BCUT2D eigenvalue weighted by atomic mass is 9.99. The van der Waals surface area contributed by atoms with Gasteiger partial charge in [0.2, 0.25) is 0 Å². The molecule has 1 aromatic carbocycles. The van der Waals surface area contributed by atoms with Crippen LogP contribution < -0.4 is 5.32 Å². The van der Waals surface area contributed by atoms with E-state index in [1.807, 2.05) is 13.2 Å². The summed E-state index contributed by atoms with van der Waals surface area (Å²) in [6.07, 6.45) is 3.04. The van der Waals surface area contributed by atoms with Crippen LogP contribution in [0.5, 0.6) is 0 Å². The molecule has 0 amide bonds. The van der Waals surface area contributed by atoms with Crippen LogP contribution in [-0.4, -0.2) is 57.9 Å². The van der Waals surface area contributed by atoms with Gasteiger partial charge in [0.15, 0.2) is 11.5 Å². The fraction of sp³-hybridized carbons (Fsp3) is 0.450. The average molecular weight is 366 g/mol. The second-order valence-corrected chi connectivity index (χ2v) is 7.05. The van der Waals surface area contributed by atoms with Crippen LogP contribution >= 0.6 is 0 Å². The number of nitrogens with zero attached hydrogens (tertiary/aromatic N) is 5. The highest BCUT2D eigenvalue weighted by Crippen LogP contribution is 2.26. The van der Waals surface area contributed by atoms with Gasteiger partial charge in [0.1, 0.15) is 12.4 Å². The molecule has 0 spiro atoms. The molecule has 7 nitrogen and oxygen atoms in total. The van der Waals surface area contributed by atoms with Crippen LogP contribution in [0.25, 0.3) is 11.0 Å². The predicted octanol–water partition coefficient (Wildman–Crippen LogP) is 2.41. The number of aromatic nitrogens is 4. The lowest BCUT2D eigenvalue weighted by Crippen LogP contribution is -2.27. The van der Waals surface area contributed by atoms with Gasteiger partial charge in [0.25, 0.3) is 0 Å². The Morgan fingerprint density at radius 2 is 2.07 bits per heavy atom. The highest BCUT2D eigenvalue weighted by Gasteiger charge is 2.23. The molecule has 1 aliphatic heterocycles. The van der Waals surface area contributed by atoms with E-state index in [0.29, 0.717) is 18.3 Å². The molecular formula is C20H26N6O. The van der Waals surface area contributed by atoms with Crippen molar-refractivity contribution in [2.24, 2.45) is 7.05 Å². The molecule has 0 saturated carbocycles. The molecular weight excluding hydrogens is 340 g/mol. The van der Waals surface area contributed by atoms with Gasteiger partial charge in [-0.15, -0.1) is 0 Å². The summed E-state index contributed by atoms with van der Waals surface area (Å²) in [7, 11) is 3.55. The summed E-state index contributed by atoms with van der Waals surface area (Å²) in [5.41, 5.74) is 2.27. The van der Waals surface area contributed by atoms with Crippen molar-refractivity contribution in [2.45, 2.75) is 18.9 Å². The van der Waals surface area contributed by atoms with Gasteiger partial charge < -0.3 is 15.0 Å². The Bertz CT molecular complexity index is 894. The highest BCUT2D eigenvalue weighted by molar-refractivity contribution is 5.86. The van der Waals surface area contributed by atoms with Crippen molar-refractivity contribution < 1.29 is 4.74 Å². The number of rotatable bonds is 7. The Labute approximate surface area is 159 Å². The second kappa shape index (κ2) is 8.02. The molecule has 3 heterocycles. The van der Waals surface area contributed by atoms with Crippen LogP contribution in [0.4, 0.5) is 5.82 Å². The molecule has 4 rings (SSSR count). The largest absolute Gasteiger partial charge is 0.377 e. The van der Waals surface area contributed by atoms with Crippen molar-refractivity contribution in [2.75, 3.05) is 38.6 Å². The Morgan fingerprint density at radius 3 is 2.89 bits per heavy atom. The van der Waals surface area contributed by atoms with Gasteiger partial charge in [0.05, 0.1) is 11.6 Å². The van der Waals surface area contributed by atoms with E-state index in [-0.39, 0.29) is 0 Å². The SMILES string of the molecule is COCc1nc(NCCN2CCC(c3ccccc3)C2)c2cnn(C)c2n1. The Balaban J connectivity index is 1.38. The molecule has 1 unspecified atom stereocenters. The molecule has 142 valence electrons. The lowest BCUT2D eigenvalue weighted by Gasteiger charge is -2.17. The smallest absolute Gasteiger partial charge is 0.163 e. The summed E-state index contributed by atoms with van der Waals surface area (Å²) in [6.45, 7) is 4.49. The third-order valence-corrected chi connectivity index (χ3v) is 5.18. The van der Waals surface area contributed by atoms with Gasteiger partial charge >= 0.3 is 0 Å². The van der Waals surface area contributed by atoms with Crippen LogP contribution in [0.1, 0.15) is 23.7 Å². The van der Waals surface area contributed by atoms with E-state index in [1.165, 1.54) is 12.0 Å². The third-order valence-electron chi connectivity index (χ3n) is 5.18. The molecule has 2 aromatic heterocycles. The van der Waals surface area contributed by atoms with Crippen LogP contribution in [0.3, 0.4) is 0 Å². The van der Waals surface area contributed by atoms with Gasteiger partial charge in [-0.25, -0.2) is 9.97 Å². The van der Waals surface area contributed by atoms with E-state index in [4.69, 9.17) is 4.74 Å². The summed E-state index contributed by atoms with van der Waals surface area (Å²) >= 11 is 0. The minimum atomic E-state index is 0.390. The summed E-state index contributed by atoms with van der Waals surface area (Å²) in [6, 6.07) is 10.8. The molecule has 1 aliphatic rings. The second-order valence-electron chi connectivity index (χ2n) is 7.05. The first-order valence-electron chi connectivity index (χ1n) is 9.43. The number of ether oxygens (including phenoxy) is 1. The summed E-state index contributed by atoms with van der Waals surface area (Å²) in [5, 5.41) is 8.73. The standard InChI is InChI=1S/C20H26N6O/c1-25-20-17(12-22-25)19(23-18(24-20)14-27-2)21-9-11-26-10-8-16(13-26)15-6-4-3-5-7-15/h3-7,12,16H,8-11,13-14H2,1-2H3,(H,21,23,24). The number of hydrogen-bond donors (Lipinski definition) is 1. The molecule has 1 fully saturated rings. The number of hydrogen-bond acceptors (Lipinski definition) is 6. The quantitative estimate of drug-likeness (QED) is 0.693. The predicted molar refractivity (Wildman–Crippen MR) is 106 cm³/mol. The van der Waals surface area contributed by atoms with Crippen molar-refractivity contribution >= 4 is 16.9 Å². The van der Waals surface area contributed by atoms with Crippen LogP contribution in [0.2, 0.25) is 0 Å². The van der Waals surface area contributed by atoms with E-state index >= 15 is 0 Å². The maximum atomic E-state index is 5.20. The molecule has 3 aromatic rings. The number of aryl methyl sites for hydroxylation is 1. The fourth-order valence-electron chi connectivity index (χ4n) is 3.76. The van der Waals surface area contributed by atoms with Gasteiger partial charge in [-0.05, 0) is 24.4 Å². The van der Waals surface area contributed by atoms with Gasteiger partial charge in [-0.3, -0.25) is 4.68 Å². The molecule has 0 bridgehead atoms. The zero-order chi connectivity index (χ0) is 18.6. The Hall–Kier alpha value is -2.51. The maximum absolute atomic E-state index is 5.20.